The van der Waals surface area contributed by atoms with E-state index < -0.39 is 0 Å². The first-order valence-corrected chi connectivity index (χ1v) is 7.89. The lowest BCUT2D eigenvalue weighted by atomic mass is 10.2. The lowest BCUT2D eigenvalue weighted by Gasteiger charge is -2.15. The van der Waals surface area contributed by atoms with Crippen LogP contribution in [0.3, 0.4) is 0 Å². The molecular formula is C16H27ClN2O2. The first-order valence-electron chi connectivity index (χ1n) is 7.51. The van der Waals surface area contributed by atoms with Crippen molar-refractivity contribution in [2.24, 2.45) is 0 Å². The molecule has 0 aliphatic heterocycles. The summed E-state index contributed by atoms with van der Waals surface area (Å²) in [5, 5.41) is 4.12. The van der Waals surface area contributed by atoms with E-state index in [1.807, 2.05) is 26.0 Å². The van der Waals surface area contributed by atoms with Gasteiger partial charge in [-0.3, -0.25) is 0 Å². The summed E-state index contributed by atoms with van der Waals surface area (Å²) in [5.74, 6) is 1.47. The third-order valence-electron chi connectivity index (χ3n) is 2.99. The van der Waals surface area contributed by atoms with Crippen molar-refractivity contribution in [1.82, 2.24) is 10.2 Å². The second-order valence-electron chi connectivity index (χ2n) is 5.09. The van der Waals surface area contributed by atoms with Crippen molar-refractivity contribution in [2.45, 2.75) is 26.8 Å². The van der Waals surface area contributed by atoms with Crippen LogP contribution in [0.5, 0.6) is 11.5 Å². The number of halogens is 1. The SMILES string of the molecule is CCOc1cc(Cl)c(CNCCCN(C)C)cc1OCC. The number of rotatable bonds is 10. The van der Waals surface area contributed by atoms with Crippen molar-refractivity contribution in [1.29, 1.82) is 0 Å². The summed E-state index contributed by atoms with van der Waals surface area (Å²) in [6, 6.07) is 3.81. The molecule has 0 aliphatic carbocycles. The van der Waals surface area contributed by atoms with Crippen LogP contribution in [0.15, 0.2) is 12.1 Å². The molecule has 0 bridgehead atoms. The number of ether oxygens (including phenoxy) is 2. The lowest BCUT2D eigenvalue weighted by Crippen LogP contribution is -2.21. The highest BCUT2D eigenvalue weighted by molar-refractivity contribution is 6.31. The Morgan fingerprint density at radius 2 is 1.71 bits per heavy atom. The molecule has 0 fully saturated rings. The number of hydrogen-bond acceptors (Lipinski definition) is 4. The molecule has 0 heterocycles. The predicted octanol–water partition coefficient (Wildman–Crippen LogP) is 3.18. The van der Waals surface area contributed by atoms with Gasteiger partial charge in [-0.05, 0) is 59.1 Å². The number of benzene rings is 1. The van der Waals surface area contributed by atoms with Gasteiger partial charge in [0.05, 0.1) is 13.2 Å². The van der Waals surface area contributed by atoms with Crippen LogP contribution in [-0.2, 0) is 6.54 Å². The molecular weight excluding hydrogens is 288 g/mol. The average molecular weight is 315 g/mol. The van der Waals surface area contributed by atoms with Crippen LogP contribution in [0.2, 0.25) is 5.02 Å². The van der Waals surface area contributed by atoms with Crippen molar-refractivity contribution >= 4 is 11.6 Å². The number of nitrogens with one attached hydrogen (secondary N) is 1. The van der Waals surface area contributed by atoms with Gasteiger partial charge in [0, 0.05) is 17.6 Å². The zero-order chi connectivity index (χ0) is 15.7. The number of nitrogens with zero attached hydrogens (tertiary/aromatic N) is 1. The third-order valence-corrected chi connectivity index (χ3v) is 3.34. The molecule has 1 aromatic rings. The Balaban J connectivity index is 2.62. The molecule has 0 spiro atoms. The van der Waals surface area contributed by atoms with Crippen molar-refractivity contribution < 1.29 is 9.47 Å². The molecule has 120 valence electrons. The van der Waals surface area contributed by atoms with Crippen molar-refractivity contribution in [3.63, 3.8) is 0 Å². The molecule has 0 aliphatic rings. The smallest absolute Gasteiger partial charge is 0.162 e. The van der Waals surface area contributed by atoms with E-state index in [-0.39, 0.29) is 0 Å². The van der Waals surface area contributed by atoms with Gasteiger partial charge < -0.3 is 19.7 Å². The summed E-state index contributed by atoms with van der Waals surface area (Å²) in [5.41, 5.74) is 1.04. The fourth-order valence-electron chi connectivity index (χ4n) is 1.99. The van der Waals surface area contributed by atoms with Gasteiger partial charge in [0.2, 0.25) is 0 Å². The summed E-state index contributed by atoms with van der Waals surface area (Å²) in [7, 11) is 4.16. The van der Waals surface area contributed by atoms with Crippen LogP contribution in [0.1, 0.15) is 25.8 Å². The van der Waals surface area contributed by atoms with Crippen molar-refractivity contribution in [2.75, 3.05) is 40.4 Å². The summed E-state index contributed by atoms with van der Waals surface area (Å²) < 4.78 is 11.2. The summed E-state index contributed by atoms with van der Waals surface area (Å²) >= 11 is 6.32. The lowest BCUT2D eigenvalue weighted by molar-refractivity contribution is 0.287. The van der Waals surface area contributed by atoms with E-state index in [2.05, 4.69) is 24.3 Å². The van der Waals surface area contributed by atoms with E-state index in [0.29, 0.717) is 24.0 Å². The van der Waals surface area contributed by atoms with Crippen molar-refractivity contribution in [3.8, 4) is 11.5 Å². The van der Waals surface area contributed by atoms with Crippen molar-refractivity contribution in [3.05, 3.63) is 22.7 Å². The van der Waals surface area contributed by atoms with Gasteiger partial charge in [-0.15, -0.1) is 0 Å². The average Bonchev–Trinajstić information content (AvgIpc) is 2.43. The molecule has 21 heavy (non-hydrogen) atoms. The van der Waals surface area contributed by atoms with Gasteiger partial charge in [-0.25, -0.2) is 0 Å². The van der Waals surface area contributed by atoms with Crippen LogP contribution >= 0.6 is 11.6 Å². The van der Waals surface area contributed by atoms with E-state index in [1.165, 1.54) is 0 Å². The Morgan fingerprint density at radius 1 is 1.10 bits per heavy atom. The van der Waals surface area contributed by atoms with Gasteiger partial charge in [0.15, 0.2) is 11.5 Å². The first kappa shape index (κ1) is 18.1. The van der Waals surface area contributed by atoms with E-state index in [4.69, 9.17) is 21.1 Å². The largest absolute Gasteiger partial charge is 0.490 e. The van der Waals surface area contributed by atoms with Gasteiger partial charge in [-0.1, -0.05) is 11.6 Å². The van der Waals surface area contributed by atoms with Gasteiger partial charge in [-0.2, -0.15) is 0 Å². The fraction of sp³-hybridized carbons (Fsp3) is 0.625. The Hall–Kier alpha value is -0.970. The molecule has 5 heteroatoms. The monoisotopic (exact) mass is 314 g/mol. The summed E-state index contributed by atoms with van der Waals surface area (Å²) in [6.07, 6.45) is 1.11. The van der Waals surface area contributed by atoms with E-state index in [1.54, 1.807) is 0 Å². The fourth-order valence-corrected chi connectivity index (χ4v) is 2.21. The highest BCUT2D eigenvalue weighted by Crippen LogP contribution is 2.33. The summed E-state index contributed by atoms with van der Waals surface area (Å²) in [6.45, 7) is 7.89. The topological polar surface area (TPSA) is 33.7 Å². The Labute approximate surface area is 133 Å². The molecule has 0 saturated carbocycles. The maximum absolute atomic E-state index is 6.32. The molecule has 0 aromatic heterocycles. The quantitative estimate of drug-likeness (QED) is 0.673. The molecule has 1 N–H and O–H groups in total. The second kappa shape index (κ2) is 9.87. The molecule has 0 atom stereocenters. The minimum absolute atomic E-state index is 0.596. The minimum atomic E-state index is 0.596. The van der Waals surface area contributed by atoms with E-state index in [0.717, 1.165) is 37.4 Å². The van der Waals surface area contributed by atoms with Crippen LogP contribution in [-0.4, -0.2) is 45.3 Å². The Morgan fingerprint density at radius 3 is 2.29 bits per heavy atom. The number of hydrogen-bond donors (Lipinski definition) is 1. The van der Waals surface area contributed by atoms with Gasteiger partial charge in [0.25, 0.3) is 0 Å². The summed E-state index contributed by atoms with van der Waals surface area (Å²) in [4.78, 5) is 2.18. The maximum Gasteiger partial charge on any atom is 0.162 e. The van der Waals surface area contributed by atoms with Gasteiger partial charge >= 0.3 is 0 Å². The van der Waals surface area contributed by atoms with Crippen LogP contribution in [0, 0.1) is 0 Å². The first-order chi connectivity index (χ1) is 10.1. The zero-order valence-corrected chi connectivity index (χ0v) is 14.3. The van der Waals surface area contributed by atoms with Gasteiger partial charge in [0.1, 0.15) is 0 Å². The van der Waals surface area contributed by atoms with Crippen LogP contribution < -0.4 is 14.8 Å². The standard InChI is InChI=1S/C16H27ClN2O2/c1-5-20-15-10-13(12-18-8-7-9-19(3)4)14(17)11-16(15)21-6-2/h10-11,18H,5-9,12H2,1-4H3. The predicted molar refractivity (Wildman–Crippen MR) is 88.7 cm³/mol. The minimum Gasteiger partial charge on any atom is -0.490 e. The normalized spacial score (nSPS) is 11.0. The molecule has 0 saturated heterocycles. The van der Waals surface area contributed by atoms with E-state index >= 15 is 0 Å². The van der Waals surface area contributed by atoms with Crippen LogP contribution in [0.25, 0.3) is 0 Å². The molecule has 0 unspecified atom stereocenters. The molecule has 0 amide bonds. The molecule has 0 radical (unpaired) electrons. The van der Waals surface area contributed by atoms with Crippen LogP contribution in [0.4, 0.5) is 0 Å². The maximum atomic E-state index is 6.32. The van der Waals surface area contributed by atoms with E-state index in [9.17, 15) is 0 Å². The molecule has 1 aromatic carbocycles. The molecule has 4 nitrogen and oxygen atoms in total. The highest BCUT2D eigenvalue weighted by atomic mass is 35.5. The Kier molecular flexibility index (Phi) is 8.50. The Bertz CT molecular complexity index is 425. The highest BCUT2D eigenvalue weighted by Gasteiger charge is 2.10. The third kappa shape index (κ3) is 6.55. The second-order valence-corrected chi connectivity index (χ2v) is 5.50. The zero-order valence-electron chi connectivity index (χ0n) is 13.5. The molecule has 1 rings (SSSR count).